The highest BCUT2D eigenvalue weighted by atomic mass is 32.1. The van der Waals surface area contributed by atoms with E-state index < -0.39 is 5.60 Å². The maximum absolute atomic E-state index is 11.7. The zero-order valence-corrected chi connectivity index (χ0v) is 16.9. The van der Waals surface area contributed by atoms with Crippen LogP contribution in [0.2, 0.25) is 0 Å². The summed E-state index contributed by atoms with van der Waals surface area (Å²) < 4.78 is 17.0. The number of benzene rings is 1. The number of ether oxygens (including phenoxy) is 3. The average molecular weight is 377 g/mol. The molecule has 1 aromatic rings. The first-order valence-corrected chi connectivity index (χ1v) is 9.80. The van der Waals surface area contributed by atoms with Crippen molar-refractivity contribution in [1.82, 2.24) is 0 Å². The van der Waals surface area contributed by atoms with Gasteiger partial charge in [-0.2, -0.15) is 0 Å². The third-order valence-corrected chi connectivity index (χ3v) is 5.89. The van der Waals surface area contributed by atoms with Gasteiger partial charge in [0.15, 0.2) is 5.60 Å². The number of hydrogen-bond acceptors (Lipinski definition) is 5. The zero-order valence-electron chi connectivity index (χ0n) is 16.0. The zero-order chi connectivity index (χ0) is 18.9. The smallest absolute Gasteiger partial charge is 0.353 e. The summed E-state index contributed by atoms with van der Waals surface area (Å²) >= 11 is 5.24. The molecule has 3 rings (SSSR count). The minimum Gasteiger partial charge on any atom is -0.466 e. The van der Waals surface area contributed by atoms with Crippen LogP contribution in [0.1, 0.15) is 58.1 Å². The highest BCUT2D eigenvalue weighted by Crippen LogP contribution is 2.51. The van der Waals surface area contributed by atoms with E-state index in [1.165, 1.54) is 0 Å². The standard InChI is InChI=1S/C21H28O4S/c1-5-23-18(22)12-14-6-8-15(9-7-14)21-11-10-16(20(2,3)4)13-17(21)24-19(26)25-21/h6-9,16-17H,5,10-13H2,1-4H3/t16-,17?,21?/m1/s1. The van der Waals surface area contributed by atoms with Crippen LogP contribution >= 0.6 is 12.2 Å². The van der Waals surface area contributed by atoms with Crippen LogP contribution in [-0.4, -0.2) is 23.9 Å². The molecule has 2 fully saturated rings. The van der Waals surface area contributed by atoms with Crippen LogP contribution in [0.4, 0.5) is 0 Å². The molecule has 0 aromatic heterocycles. The van der Waals surface area contributed by atoms with Crippen molar-refractivity contribution in [3.05, 3.63) is 35.4 Å². The van der Waals surface area contributed by atoms with Crippen LogP contribution in [0, 0.1) is 11.3 Å². The van der Waals surface area contributed by atoms with Gasteiger partial charge in [0.25, 0.3) is 0 Å². The second-order valence-corrected chi connectivity index (χ2v) is 8.70. The predicted octanol–water partition coefficient (Wildman–Crippen LogP) is 4.53. The van der Waals surface area contributed by atoms with E-state index in [0.29, 0.717) is 12.5 Å². The van der Waals surface area contributed by atoms with Crippen molar-refractivity contribution in [2.75, 3.05) is 6.61 Å². The van der Waals surface area contributed by atoms with Crippen molar-refractivity contribution >= 4 is 23.4 Å². The number of fused-ring (bicyclic) bond motifs is 1. The molecule has 1 aliphatic heterocycles. The fraction of sp³-hybridized carbons (Fsp3) is 0.619. The van der Waals surface area contributed by atoms with Crippen LogP contribution in [0.15, 0.2) is 24.3 Å². The first kappa shape index (κ1) is 19.2. The average Bonchev–Trinajstić information content (AvgIpc) is 2.91. The second-order valence-electron chi connectivity index (χ2n) is 8.36. The molecule has 1 heterocycles. The predicted molar refractivity (Wildman–Crippen MR) is 104 cm³/mol. The van der Waals surface area contributed by atoms with Gasteiger partial charge >= 0.3 is 11.2 Å². The van der Waals surface area contributed by atoms with Gasteiger partial charge in [0, 0.05) is 12.2 Å². The molecule has 2 aliphatic rings. The first-order valence-electron chi connectivity index (χ1n) is 9.39. The molecule has 0 N–H and O–H groups in total. The van der Waals surface area contributed by atoms with Gasteiger partial charge in [0.2, 0.25) is 0 Å². The SMILES string of the molecule is CCOC(=O)Cc1ccc(C23CC[C@@H](C(C)(C)C)CC2OC(=S)O3)cc1. The third-order valence-electron chi connectivity index (χ3n) is 5.71. The van der Waals surface area contributed by atoms with Crippen molar-refractivity contribution in [2.24, 2.45) is 11.3 Å². The van der Waals surface area contributed by atoms with E-state index >= 15 is 0 Å². The van der Waals surface area contributed by atoms with Gasteiger partial charge in [0.05, 0.1) is 13.0 Å². The second kappa shape index (κ2) is 7.18. The molecule has 3 atom stereocenters. The quantitative estimate of drug-likeness (QED) is 0.570. The van der Waals surface area contributed by atoms with Crippen LogP contribution in [0.3, 0.4) is 0 Å². The topological polar surface area (TPSA) is 44.8 Å². The third kappa shape index (κ3) is 3.73. The summed E-state index contributed by atoms with van der Waals surface area (Å²) in [4.78, 5) is 11.7. The molecule has 1 aliphatic carbocycles. The van der Waals surface area contributed by atoms with E-state index in [1.807, 2.05) is 31.2 Å². The van der Waals surface area contributed by atoms with E-state index in [1.54, 1.807) is 0 Å². The molecule has 26 heavy (non-hydrogen) atoms. The number of carbonyl (C=O) groups is 1. The minimum absolute atomic E-state index is 0.0520. The molecule has 0 radical (unpaired) electrons. The molecule has 1 aromatic carbocycles. The van der Waals surface area contributed by atoms with Gasteiger partial charge in [-0.3, -0.25) is 4.79 Å². The first-order chi connectivity index (χ1) is 12.2. The lowest BCUT2D eigenvalue weighted by Gasteiger charge is -2.43. The van der Waals surface area contributed by atoms with Crippen LogP contribution < -0.4 is 0 Å². The molecular weight excluding hydrogens is 348 g/mol. The number of rotatable bonds is 4. The normalized spacial score (nSPS) is 28.1. The summed E-state index contributed by atoms with van der Waals surface area (Å²) in [7, 11) is 0. The Hall–Kier alpha value is -1.62. The summed E-state index contributed by atoms with van der Waals surface area (Å²) in [6.45, 7) is 9.06. The van der Waals surface area contributed by atoms with Crippen molar-refractivity contribution < 1.29 is 19.0 Å². The van der Waals surface area contributed by atoms with Crippen molar-refractivity contribution in [3.63, 3.8) is 0 Å². The lowest BCUT2D eigenvalue weighted by molar-refractivity contribution is -0.142. The Labute approximate surface area is 161 Å². The minimum atomic E-state index is -0.499. The molecule has 5 heteroatoms. The lowest BCUT2D eigenvalue weighted by atomic mass is 9.65. The Kier molecular flexibility index (Phi) is 5.29. The van der Waals surface area contributed by atoms with Crippen LogP contribution in [0.25, 0.3) is 0 Å². The number of esters is 1. The van der Waals surface area contributed by atoms with Crippen molar-refractivity contribution in [2.45, 2.75) is 65.1 Å². The summed E-state index contributed by atoms with van der Waals surface area (Å²) in [5, 5.41) is 0.250. The van der Waals surface area contributed by atoms with Gasteiger partial charge in [-0.15, -0.1) is 0 Å². The van der Waals surface area contributed by atoms with Gasteiger partial charge in [-0.1, -0.05) is 45.0 Å². The molecule has 0 spiro atoms. The van der Waals surface area contributed by atoms with Gasteiger partial charge < -0.3 is 14.2 Å². The van der Waals surface area contributed by atoms with E-state index in [9.17, 15) is 4.79 Å². The molecule has 142 valence electrons. The molecule has 1 saturated carbocycles. The van der Waals surface area contributed by atoms with Crippen LogP contribution in [-0.2, 0) is 31.0 Å². The van der Waals surface area contributed by atoms with Crippen molar-refractivity contribution in [3.8, 4) is 0 Å². The fourth-order valence-corrected chi connectivity index (χ4v) is 4.39. The highest BCUT2D eigenvalue weighted by molar-refractivity contribution is 7.79. The molecule has 0 amide bonds. The Morgan fingerprint density at radius 3 is 2.62 bits per heavy atom. The van der Waals surface area contributed by atoms with Crippen LogP contribution in [0.5, 0.6) is 0 Å². The highest BCUT2D eigenvalue weighted by Gasteiger charge is 2.55. The summed E-state index contributed by atoms with van der Waals surface area (Å²) in [5.41, 5.74) is 1.75. The Morgan fingerprint density at radius 1 is 1.31 bits per heavy atom. The Bertz CT molecular complexity index is 676. The molecule has 1 saturated heterocycles. The Morgan fingerprint density at radius 2 is 2.00 bits per heavy atom. The van der Waals surface area contributed by atoms with E-state index in [-0.39, 0.29) is 29.1 Å². The van der Waals surface area contributed by atoms with E-state index in [2.05, 4.69) is 20.8 Å². The summed E-state index contributed by atoms with van der Waals surface area (Å²) in [5.74, 6) is 0.372. The molecule has 0 bridgehead atoms. The largest absolute Gasteiger partial charge is 0.466 e. The Balaban J connectivity index is 1.80. The van der Waals surface area contributed by atoms with Gasteiger partial charge in [-0.25, -0.2) is 0 Å². The summed E-state index contributed by atoms with van der Waals surface area (Å²) in [6, 6.07) is 8.02. The monoisotopic (exact) mass is 376 g/mol. The maximum atomic E-state index is 11.7. The number of hydrogen-bond donors (Lipinski definition) is 0. The number of carbonyl (C=O) groups excluding carboxylic acids is 1. The maximum Gasteiger partial charge on any atom is 0.353 e. The van der Waals surface area contributed by atoms with Crippen molar-refractivity contribution in [1.29, 1.82) is 0 Å². The lowest BCUT2D eigenvalue weighted by Crippen LogP contribution is -2.44. The van der Waals surface area contributed by atoms with Gasteiger partial charge in [-0.05, 0) is 48.6 Å². The molecule has 2 unspecified atom stereocenters. The van der Waals surface area contributed by atoms with E-state index in [0.717, 1.165) is 30.4 Å². The van der Waals surface area contributed by atoms with E-state index in [4.69, 9.17) is 26.4 Å². The van der Waals surface area contributed by atoms with Gasteiger partial charge in [0.1, 0.15) is 6.10 Å². The molecular formula is C21H28O4S. The molecule has 4 nitrogen and oxygen atoms in total. The fourth-order valence-electron chi connectivity index (χ4n) is 4.12. The number of thiocarbonyl (C=S) groups is 1. The summed E-state index contributed by atoms with van der Waals surface area (Å²) in [6.07, 6.45) is 3.14.